The molecule has 1 aromatic heterocycles. The predicted molar refractivity (Wildman–Crippen MR) is 88.1 cm³/mol. The number of benzene rings is 1. The molecule has 0 aliphatic heterocycles. The van der Waals surface area contributed by atoms with E-state index in [0.29, 0.717) is 22.1 Å². The number of hydrogen-bond acceptors (Lipinski definition) is 3. The van der Waals surface area contributed by atoms with Gasteiger partial charge in [0.2, 0.25) is 0 Å². The third kappa shape index (κ3) is 3.22. The Labute approximate surface area is 140 Å². The van der Waals surface area contributed by atoms with E-state index in [2.05, 4.69) is 41.8 Å². The van der Waals surface area contributed by atoms with Gasteiger partial charge in [0.15, 0.2) is 5.82 Å². The lowest BCUT2D eigenvalue weighted by atomic mass is 10.1. The summed E-state index contributed by atoms with van der Waals surface area (Å²) in [7, 11) is 1.62. The smallest absolute Gasteiger partial charge is 0.161 e. The molecule has 2 aromatic rings. The molecule has 0 saturated carbocycles. The summed E-state index contributed by atoms with van der Waals surface area (Å²) < 4.78 is 6.91. The number of hydrogen-bond donors (Lipinski definition) is 0. The zero-order chi connectivity index (χ0) is 14.9. The lowest BCUT2D eigenvalue weighted by molar-refractivity contribution is 0.181. The molecular formula is C14H13Br2ClN2O. The van der Waals surface area contributed by atoms with Gasteiger partial charge in [-0.2, -0.15) is 0 Å². The molecule has 0 amide bonds. The number of ether oxygens (including phenoxy) is 1. The van der Waals surface area contributed by atoms with Crippen molar-refractivity contribution >= 4 is 43.5 Å². The van der Waals surface area contributed by atoms with Gasteiger partial charge in [-0.1, -0.05) is 27.5 Å². The Balaban J connectivity index is 2.58. The van der Waals surface area contributed by atoms with Gasteiger partial charge in [0.25, 0.3) is 0 Å². The van der Waals surface area contributed by atoms with Crippen LogP contribution in [0, 0.1) is 13.8 Å². The highest BCUT2D eigenvalue weighted by Gasteiger charge is 2.13. The average molecular weight is 421 g/mol. The molecule has 0 radical (unpaired) electrons. The van der Waals surface area contributed by atoms with E-state index < -0.39 is 0 Å². The van der Waals surface area contributed by atoms with Crippen LogP contribution in [0.3, 0.4) is 0 Å². The Morgan fingerprint density at radius 2 is 1.70 bits per heavy atom. The van der Waals surface area contributed by atoms with Crippen LogP contribution in [0.2, 0.25) is 5.15 Å². The van der Waals surface area contributed by atoms with Crippen molar-refractivity contribution in [3.05, 3.63) is 43.1 Å². The first-order valence-corrected chi connectivity index (χ1v) is 7.88. The number of rotatable bonds is 3. The van der Waals surface area contributed by atoms with Crippen molar-refractivity contribution in [2.24, 2.45) is 0 Å². The molecule has 1 aromatic carbocycles. The minimum absolute atomic E-state index is 0.379. The molecule has 0 aliphatic rings. The maximum Gasteiger partial charge on any atom is 0.161 e. The van der Waals surface area contributed by atoms with E-state index in [0.717, 1.165) is 26.9 Å². The van der Waals surface area contributed by atoms with E-state index in [9.17, 15) is 0 Å². The first-order chi connectivity index (χ1) is 9.43. The zero-order valence-electron chi connectivity index (χ0n) is 11.3. The highest BCUT2D eigenvalue weighted by atomic mass is 79.9. The summed E-state index contributed by atoms with van der Waals surface area (Å²) in [6.07, 6.45) is 0. The summed E-state index contributed by atoms with van der Waals surface area (Å²) in [6, 6.07) is 4.07. The molecule has 106 valence electrons. The van der Waals surface area contributed by atoms with Crippen LogP contribution in [0.4, 0.5) is 0 Å². The molecule has 20 heavy (non-hydrogen) atoms. The van der Waals surface area contributed by atoms with E-state index in [-0.39, 0.29) is 0 Å². The van der Waals surface area contributed by atoms with E-state index >= 15 is 0 Å². The van der Waals surface area contributed by atoms with Crippen molar-refractivity contribution in [3.8, 4) is 11.4 Å². The Morgan fingerprint density at radius 3 is 2.25 bits per heavy atom. The van der Waals surface area contributed by atoms with E-state index in [1.54, 1.807) is 7.11 Å². The molecule has 0 bridgehead atoms. The van der Waals surface area contributed by atoms with Crippen molar-refractivity contribution in [1.29, 1.82) is 0 Å². The van der Waals surface area contributed by atoms with Crippen LogP contribution in [-0.4, -0.2) is 17.1 Å². The van der Waals surface area contributed by atoms with Crippen LogP contribution in [0.1, 0.15) is 16.8 Å². The minimum atomic E-state index is 0.379. The third-order valence-corrected chi connectivity index (χ3v) is 5.44. The summed E-state index contributed by atoms with van der Waals surface area (Å²) in [5, 5.41) is 0.389. The van der Waals surface area contributed by atoms with Gasteiger partial charge in [-0.05, 0) is 53.0 Å². The highest BCUT2D eigenvalue weighted by Crippen LogP contribution is 2.30. The van der Waals surface area contributed by atoms with Crippen molar-refractivity contribution < 1.29 is 4.74 Å². The first-order valence-electron chi connectivity index (χ1n) is 5.92. The highest BCUT2D eigenvalue weighted by molar-refractivity contribution is 9.11. The van der Waals surface area contributed by atoms with Gasteiger partial charge in [0.05, 0.1) is 16.8 Å². The van der Waals surface area contributed by atoms with Crippen LogP contribution in [0.15, 0.2) is 21.1 Å². The van der Waals surface area contributed by atoms with Crippen molar-refractivity contribution in [1.82, 2.24) is 9.97 Å². The van der Waals surface area contributed by atoms with Crippen LogP contribution >= 0.6 is 43.5 Å². The molecule has 3 nitrogen and oxygen atoms in total. The second kappa shape index (κ2) is 6.52. The fourth-order valence-corrected chi connectivity index (χ4v) is 2.61. The molecular weight excluding hydrogens is 407 g/mol. The third-order valence-electron chi connectivity index (χ3n) is 2.86. The SMILES string of the molecule is COCc1nc(-c2cc(C)c(Br)c(C)c2)nc(Cl)c1Br. The molecule has 6 heteroatoms. The molecule has 0 fully saturated rings. The number of nitrogens with zero attached hydrogens (tertiary/aromatic N) is 2. The van der Waals surface area contributed by atoms with Gasteiger partial charge in [-0.15, -0.1) is 0 Å². The minimum Gasteiger partial charge on any atom is -0.378 e. The quantitative estimate of drug-likeness (QED) is 0.649. The van der Waals surface area contributed by atoms with E-state index in [1.807, 2.05) is 26.0 Å². The Hall–Kier alpha value is -0.490. The van der Waals surface area contributed by atoms with Crippen LogP contribution in [0.25, 0.3) is 11.4 Å². The van der Waals surface area contributed by atoms with E-state index in [4.69, 9.17) is 16.3 Å². The molecule has 0 atom stereocenters. The second-order valence-corrected chi connectivity index (χ2v) is 6.40. The molecule has 0 N–H and O–H groups in total. The summed E-state index contributed by atoms with van der Waals surface area (Å²) >= 11 is 13.1. The van der Waals surface area contributed by atoms with E-state index in [1.165, 1.54) is 0 Å². The average Bonchev–Trinajstić information content (AvgIpc) is 2.40. The Bertz CT molecular complexity index is 639. The molecule has 0 saturated heterocycles. The number of aryl methyl sites for hydroxylation is 2. The topological polar surface area (TPSA) is 35.0 Å². The maximum absolute atomic E-state index is 6.15. The van der Waals surface area contributed by atoms with Crippen molar-refractivity contribution in [3.63, 3.8) is 0 Å². The fourth-order valence-electron chi connectivity index (χ4n) is 1.90. The molecule has 0 unspecified atom stereocenters. The summed E-state index contributed by atoms with van der Waals surface area (Å²) in [6.45, 7) is 4.46. The van der Waals surface area contributed by atoms with Gasteiger partial charge in [-0.25, -0.2) is 9.97 Å². The molecule has 0 spiro atoms. The summed E-state index contributed by atoms with van der Waals surface area (Å²) in [5.74, 6) is 0.601. The fraction of sp³-hybridized carbons (Fsp3) is 0.286. The summed E-state index contributed by atoms with van der Waals surface area (Å²) in [5.41, 5.74) is 3.95. The normalized spacial score (nSPS) is 10.9. The predicted octanol–water partition coefficient (Wildman–Crippen LogP) is 5.09. The maximum atomic E-state index is 6.15. The summed E-state index contributed by atoms with van der Waals surface area (Å²) in [4.78, 5) is 8.86. The van der Waals surface area contributed by atoms with Crippen LogP contribution in [0.5, 0.6) is 0 Å². The lowest BCUT2D eigenvalue weighted by Gasteiger charge is -2.10. The molecule has 2 rings (SSSR count). The van der Waals surface area contributed by atoms with Crippen molar-refractivity contribution in [2.75, 3.05) is 7.11 Å². The Morgan fingerprint density at radius 1 is 1.10 bits per heavy atom. The van der Waals surface area contributed by atoms with Gasteiger partial charge in [0.1, 0.15) is 5.15 Å². The number of methoxy groups -OCH3 is 1. The van der Waals surface area contributed by atoms with Gasteiger partial charge in [-0.3, -0.25) is 0 Å². The van der Waals surface area contributed by atoms with Crippen LogP contribution in [-0.2, 0) is 11.3 Å². The van der Waals surface area contributed by atoms with Crippen LogP contribution < -0.4 is 0 Å². The van der Waals surface area contributed by atoms with Gasteiger partial charge in [0, 0.05) is 17.1 Å². The number of aromatic nitrogens is 2. The van der Waals surface area contributed by atoms with Crippen molar-refractivity contribution in [2.45, 2.75) is 20.5 Å². The largest absolute Gasteiger partial charge is 0.378 e. The monoisotopic (exact) mass is 418 g/mol. The Kier molecular flexibility index (Phi) is 5.18. The van der Waals surface area contributed by atoms with Gasteiger partial charge < -0.3 is 4.74 Å². The molecule has 0 aliphatic carbocycles. The second-order valence-electron chi connectivity index (χ2n) is 4.46. The lowest BCUT2D eigenvalue weighted by Crippen LogP contribution is -2.00. The first kappa shape index (κ1) is 15.9. The van der Waals surface area contributed by atoms with Gasteiger partial charge >= 0.3 is 0 Å². The zero-order valence-corrected chi connectivity index (χ0v) is 15.2. The standard InChI is InChI=1S/C14H13Br2ClN2O/c1-7-4-9(5-8(2)11(7)15)14-18-10(6-20-3)12(16)13(17)19-14/h4-5H,6H2,1-3H3. The molecule has 1 heterocycles. The number of halogens is 3.